The van der Waals surface area contributed by atoms with Crippen molar-refractivity contribution in [2.45, 2.75) is 49.9 Å². The van der Waals surface area contributed by atoms with E-state index in [0.29, 0.717) is 12.6 Å². The smallest absolute Gasteiger partial charge is 0.239 e. The highest BCUT2D eigenvalue weighted by atomic mass is 32.2. The molecule has 1 saturated heterocycles. The lowest BCUT2D eigenvalue weighted by atomic mass is 10.2. The van der Waals surface area contributed by atoms with Gasteiger partial charge in [0.1, 0.15) is 0 Å². The topological polar surface area (TPSA) is 66.5 Å². The van der Waals surface area contributed by atoms with Crippen molar-refractivity contribution >= 4 is 15.7 Å². The lowest BCUT2D eigenvalue weighted by Gasteiger charge is -2.28. The minimum Gasteiger partial charge on any atom is -0.340 e. The Morgan fingerprint density at radius 2 is 1.94 bits per heavy atom. The van der Waals surface area contributed by atoms with Crippen molar-refractivity contribution in [1.82, 2.24) is 10.2 Å². The fourth-order valence-corrected chi connectivity index (χ4v) is 2.55. The van der Waals surface area contributed by atoms with Gasteiger partial charge in [0.2, 0.25) is 5.91 Å². The Hall–Kier alpha value is -0.620. The third-order valence-corrected chi connectivity index (χ3v) is 6.02. The van der Waals surface area contributed by atoms with Crippen LogP contribution in [0.4, 0.5) is 0 Å². The van der Waals surface area contributed by atoms with Gasteiger partial charge < -0.3 is 10.2 Å². The minimum atomic E-state index is -3.16. The normalized spacial score (nSPS) is 25.8. The summed E-state index contributed by atoms with van der Waals surface area (Å²) in [4.78, 5) is 13.8. The highest BCUT2D eigenvalue weighted by Crippen LogP contribution is 2.24. The first-order valence-electron chi connectivity index (χ1n) is 6.45. The van der Waals surface area contributed by atoms with E-state index in [9.17, 15) is 13.2 Å². The SMILES string of the molecule is CC(C)(CN1CCC(NC2CC2)C1=O)S(C)(=O)=O. The van der Waals surface area contributed by atoms with Crippen LogP contribution in [-0.4, -0.2) is 55.4 Å². The van der Waals surface area contributed by atoms with Crippen LogP contribution in [0.25, 0.3) is 0 Å². The number of nitrogens with zero attached hydrogens (tertiary/aromatic N) is 1. The molecule has 1 amide bonds. The van der Waals surface area contributed by atoms with Gasteiger partial charge in [-0.3, -0.25) is 4.79 Å². The van der Waals surface area contributed by atoms with Gasteiger partial charge in [0.15, 0.2) is 9.84 Å². The van der Waals surface area contributed by atoms with Crippen molar-refractivity contribution in [2.24, 2.45) is 0 Å². The first-order valence-corrected chi connectivity index (χ1v) is 8.34. The summed E-state index contributed by atoms with van der Waals surface area (Å²) in [5, 5.41) is 3.32. The van der Waals surface area contributed by atoms with Crippen molar-refractivity contribution < 1.29 is 13.2 Å². The van der Waals surface area contributed by atoms with E-state index in [1.165, 1.54) is 6.26 Å². The van der Waals surface area contributed by atoms with Gasteiger partial charge in [-0.15, -0.1) is 0 Å². The van der Waals surface area contributed by atoms with Gasteiger partial charge in [-0.1, -0.05) is 0 Å². The van der Waals surface area contributed by atoms with Gasteiger partial charge in [-0.05, 0) is 33.1 Å². The monoisotopic (exact) mass is 274 g/mol. The number of hydrogen-bond donors (Lipinski definition) is 1. The first-order chi connectivity index (χ1) is 8.21. The highest BCUT2D eigenvalue weighted by molar-refractivity contribution is 7.92. The Balaban J connectivity index is 1.96. The molecule has 1 unspecified atom stereocenters. The van der Waals surface area contributed by atoms with Gasteiger partial charge in [-0.2, -0.15) is 0 Å². The summed E-state index contributed by atoms with van der Waals surface area (Å²) in [6, 6.07) is 0.398. The lowest BCUT2D eigenvalue weighted by molar-refractivity contribution is -0.129. The van der Waals surface area contributed by atoms with Crippen LogP contribution in [0.15, 0.2) is 0 Å². The summed E-state index contributed by atoms with van der Waals surface area (Å²) in [5.74, 6) is 0.0543. The Morgan fingerprint density at radius 3 is 2.44 bits per heavy atom. The molecule has 0 bridgehead atoms. The summed E-state index contributed by atoms with van der Waals surface area (Å²) < 4.78 is 22.4. The number of hydrogen-bond acceptors (Lipinski definition) is 4. The average Bonchev–Trinajstić information content (AvgIpc) is 2.97. The van der Waals surface area contributed by atoms with Crippen LogP contribution in [0.3, 0.4) is 0 Å². The zero-order chi connectivity index (χ0) is 13.6. The molecule has 18 heavy (non-hydrogen) atoms. The summed E-state index contributed by atoms with van der Waals surface area (Å²) in [6.45, 7) is 4.30. The Bertz CT molecular complexity index is 440. The van der Waals surface area contributed by atoms with Gasteiger partial charge in [0, 0.05) is 25.4 Å². The van der Waals surface area contributed by atoms with Crippen LogP contribution >= 0.6 is 0 Å². The third-order valence-electron chi connectivity index (χ3n) is 3.89. The molecule has 2 rings (SSSR count). The van der Waals surface area contributed by atoms with E-state index in [1.54, 1.807) is 18.7 Å². The van der Waals surface area contributed by atoms with E-state index in [2.05, 4.69) is 5.32 Å². The zero-order valence-electron chi connectivity index (χ0n) is 11.3. The molecule has 0 radical (unpaired) electrons. The number of nitrogens with one attached hydrogen (secondary N) is 1. The summed E-state index contributed by atoms with van der Waals surface area (Å²) in [6.07, 6.45) is 4.32. The van der Waals surface area contributed by atoms with E-state index in [-0.39, 0.29) is 18.5 Å². The third kappa shape index (κ3) is 2.85. The summed E-state index contributed by atoms with van der Waals surface area (Å²) >= 11 is 0. The second kappa shape index (κ2) is 4.49. The molecule has 2 fully saturated rings. The maximum Gasteiger partial charge on any atom is 0.239 e. The molecule has 0 spiro atoms. The predicted molar refractivity (Wildman–Crippen MR) is 70.1 cm³/mol. The molecule has 1 aliphatic heterocycles. The molecule has 1 heterocycles. The molecule has 2 aliphatic rings. The minimum absolute atomic E-state index is 0.0543. The van der Waals surface area contributed by atoms with Crippen LogP contribution in [0, 0.1) is 0 Å². The molecule has 1 atom stereocenters. The van der Waals surface area contributed by atoms with E-state index in [4.69, 9.17) is 0 Å². The second-order valence-corrected chi connectivity index (χ2v) is 8.72. The zero-order valence-corrected chi connectivity index (χ0v) is 12.1. The molecule has 1 aliphatic carbocycles. The van der Waals surface area contributed by atoms with Crippen LogP contribution < -0.4 is 5.32 Å². The Kier molecular flexibility index (Phi) is 3.44. The number of rotatable bonds is 5. The second-order valence-electron chi connectivity index (χ2n) is 6.07. The summed E-state index contributed by atoms with van der Waals surface area (Å²) in [5.41, 5.74) is 0. The predicted octanol–water partition coefficient (Wildman–Crippen LogP) is 0.163. The molecule has 6 heteroatoms. The average molecular weight is 274 g/mol. The fourth-order valence-electron chi connectivity index (χ4n) is 2.16. The molecule has 0 aromatic heterocycles. The first kappa shape index (κ1) is 13.8. The number of carbonyl (C=O) groups excluding carboxylic acids is 1. The van der Waals surface area contributed by atoms with Crippen LogP contribution in [0.1, 0.15) is 33.1 Å². The van der Waals surface area contributed by atoms with E-state index < -0.39 is 14.6 Å². The van der Waals surface area contributed by atoms with Gasteiger partial charge in [0.25, 0.3) is 0 Å². The molecule has 104 valence electrons. The van der Waals surface area contributed by atoms with Gasteiger partial charge in [0.05, 0.1) is 10.8 Å². The van der Waals surface area contributed by atoms with E-state index >= 15 is 0 Å². The molecule has 1 N–H and O–H groups in total. The number of sulfone groups is 1. The maximum atomic E-state index is 12.1. The largest absolute Gasteiger partial charge is 0.340 e. The molecular formula is C12H22N2O3S. The van der Waals surface area contributed by atoms with Crippen LogP contribution in [0.5, 0.6) is 0 Å². The van der Waals surface area contributed by atoms with E-state index in [0.717, 1.165) is 19.3 Å². The lowest BCUT2D eigenvalue weighted by Crippen LogP contribution is -2.47. The quantitative estimate of drug-likeness (QED) is 0.776. The van der Waals surface area contributed by atoms with Gasteiger partial charge in [-0.25, -0.2) is 8.42 Å². The van der Waals surface area contributed by atoms with Crippen molar-refractivity contribution in [3.8, 4) is 0 Å². The molecule has 0 aromatic carbocycles. The number of carbonyl (C=O) groups is 1. The molecule has 1 saturated carbocycles. The molecule has 5 nitrogen and oxygen atoms in total. The Morgan fingerprint density at radius 1 is 1.33 bits per heavy atom. The summed E-state index contributed by atoms with van der Waals surface area (Å²) in [7, 11) is -3.16. The van der Waals surface area contributed by atoms with E-state index in [1.807, 2.05) is 0 Å². The Labute approximate surface area is 109 Å². The van der Waals surface area contributed by atoms with Crippen LogP contribution in [0.2, 0.25) is 0 Å². The van der Waals surface area contributed by atoms with Crippen molar-refractivity contribution in [2.75, 3.05) is 19.3 Å². The molecular weight excluding hydrogens is 252 g/mol. The van der Waals surface area contributed by atoms with Crippen molar-refractivity contribution in [3.63, 3.8) is 0 Å². The van der Waals surface area contributed by atoms with Crippen molar-refractivity contribution in [1.29, 1.82) is 0 Å². The maximum absolute atomic E-state index is 12.1. The molecule has 0 aromatic rings. The highest BCUT2D eigenvalue weighted by Gasteiger charge is 2.40. The number of likely N-dealkylation sites (tertiary alicyclic amines) is 1. The van der Waals surface area contributed by atoms with Crippen LogP contribution in [-0.2, 0) is 14.6 Å². The number of amides is 1. The fraction of sp³-hybridized carbons (Fsp3) is 0.917. The van der Waals surface area contributed by atoms with Crippen molar-refractivity contribution in [3.05, 3.63) is 0 Å². The standard InChI is InChI=1S/C12H22N2O3S/c1-12(2,18(3,16)17)8-14-7-6-10(11(14)15)13-9-4-5-9/h9-10,13H,4-8H2,1-3H3. The van der Waals surface area contributed by atoms with Gasteiger partial charge >= 0.3 is 0 Å².